The largest absolute Gasteiger partial charge is 0.351 e. The average Bonchev–Trinajstić information content (AvgIpc) is 3.58. The molecule has 9 heteroatoms. The molecule has 1 aromatic carbocycles. The van der Waals surface area contributed by atoms with Gasteiger partial charge in [0.25, 0.3) is 0 Å². The smallest absolute Gasteiger partial charge is 0.227 e. The second-order valence-electron chi connectivity index (χ2n) is 11.3. The van der Waals surface area contributed by atoms with Crippen molar-refractivity contribution in [3.8, 4) is 0 Å². The Balaban J connectivity index is 1.17. The Labute approximate surface area is 218 Å². The maximum Gasteiger partial charge on any atom is 0.227 e. The third-order valence-electron chi connectivity index (χ3n) is 8.56. The summed E-state index contributed by atoms with van der Waals surface area (Å²) in [6.07, 6.45) is 14.2. The minimum absolute atomic E-state index is 0.171. The van der Waals surface area contributed by atoms with Gasteiger partial charge in [0.05, 0.1) is 6.33 Å². The Hall–Kier alpha value is -2.78. The molecule has 0 radical (unpaired) electrons. The molecule has 0 atom stereocenters. The maximum absolute atomic E-state index is 13.3. The van der Waals surface area contributed by atoms with Crippen LogP contribution in [-0.4, -0.2) is 49.7 Å². The fourth-order valence-corrected chi connectivity index (χ4v) is 6.31. The minimum Gasteiger partial charge on any atom is -0.351 e. The number of hydrogen-bond acceptors (Lipinski definition) is 7. The maximum atomic E-state index is 13.3. The number of nitrogens with zero attached hydrogens (tertiary/aromatic N) is 5. The summed E-state index contributed by atoms with van der Waals surface area (Å²) in [5.74, 6) is 1.90. The molecular weight excluding hydrogens is 467 g/mol. The fourth-order valence-electron chi connectivity index (χ4n) is 6.31. The highest BCUT2D eigenvalue weighted by Gasteiger charge is 2.26. The summed E-state index contributed by atoms with van der Waals surface area (Å²) in [6, 6.07) is 8.08. The number of hydrazine groups is 1. The van der Waals surface area contributed by atoms with Crippen LogP contribution in [0.25, 0.3) is 11.2 Å². The highest BCUT2D eigenvalue weighted by Crippen LogP contribution is 2.34. The summed E-state index contributed by atoms with van der Waals surface area (Å²) >= 11 is 0. The van der Waals surface area contributed by atoms with Crippen LogP contribution in [0.5, 0.6) is 0 Å². The highest BCUT2D eigenvalue weighted by molar-refractivity contribution is 5.84. The van der Waals surface area contributed by atoms with Gasteiger partial charge in [-0.15, -0.1) is 0 Å². The van der Waals surface area contributed by atoms with E-state index in [0.29, 0.717) is 30.0 Å². The average molecular weight is 507 g/mol. The van der Waals surface area contributed by atoms with Crippen molar-refractivity contribution in [1.29, 1.82) is 0 Å². The number of piperidine rings is 1. The topological polar surface area (TPSA) is 96.9 Å². The van der Waals surface area contributed by atoms with Crippen LogP contribution in [0.15, 0.2) is 30.6 Å². The fraction of sp³-hybridized carbons (Fsp3) is 0.607. The van der Waals surface area contributed by atoms with Crippen LogP contribution in [0.1, 0.15) is 75.8 Å². The molecule has 2 aliphatic carbocycles. The van der Waals surface area contributed by atoms with E-state index >= 15 is 0 Å². The summed E-state index contributed by atoms with van der Waals surface area (Å²) in [6.45, 7) is 1.87. The van der Waals surface area contributed by atoms with Crippen molar-refractivity contribution in [2.75, 3.05) is 23.8 Å². The van der Waals surface area contributed by atoms with Gasteiger partial charge in [-0.25, -0.2) is 14.4 Å². The van der Waals surface area contributed by atoms with Crippen molar-refractivity contribution in [1.82, 2.24) is 24.5 Å². The van der Waals surface area contributed by atoms with Crippen LogP contribution in [0.4, 0.5) is 16.2 Å². The molecule has 37 heavy (non-hydrogen) atoms. The number of rotatable bonds is 7. The molecule has 1 aliphatic heterocycles. The van der Waals surface area contributed by atoms with Gasteiger partial charge in [-0.1, -0.05) is 25.0 Å². The first-order valence-electron chi connectivity index (χ1n) is 14.1. The van der Waals surface area contributed by atoms with Gasteiger partial charge in [0.15, 0.2) is 17.0 Å². The molecule has 0 amide bonds. The van der Waals surface area contributed by atoms with Crippen molar-refractivity contribution < 1.29 is 4.39 Å². The van der Waals surface area contributed by atoms with Gasteiger partial charge in [-0.2, -0.15) is 9.97 Å². The van der Waals surface area contributed by atoms with E-state index in [4.69, 9.17) is 20.7 Å². The van der Waals surface area contributed by atoms with E-state index in [2.05, 4.69) is 20.3 Å². The van der Waals surface area contributed by atoms with Crippen LogP contribution in [0.3, 0.4) is 0 Å². The molecule has 0 spiro atoms. The number of anilines is 2. The van der Waals surface area contributed by atoms with Gasteiger partial charge < -0.3 is 21.0 Å². The Morgan fingerprint density at radius 2 is 1.65 bits per heavy atom. The van der Waals surface area contributed by atoms with E-state index in [1.54, 1.807) is 12.1 Å². The van der Waals surface area contributed by atoms with Crippen LogP contribution in [0.2, 0.25) is 0 Å². The number of nitrogens with one attached hydrogen (secondary N) is 2. The lowest BCUT2D eigenvalue weighted by Crippen LogP contribution is -2.39. The summed E-state index contributed by atoms with van der Waals surface area (Å²) in [5, 5.41) is 5.88. The third-order valence-corrected chi connectivity index (χ3v) is 8.56. The monoisotopic (exact) mass is 506 g/mol. The van der Waals surface area contributed by atoms with Crippen LogP contribution in [0, 0.1) is 11.7 Å². The summed E-state index contributed by atoms with van der Waals surface area (Å²) in [5.41, 5.74) is 12.7. The quantitative estimate of drug-likeness (QED) is 0.413. The number of hydrogen-bond donors (Lipinski definition) is 3. The van der Waals surface area contributed by atoms with Gasteiger partial charge in [-0.05, 0) is 81.4 Å². The normalized spacial score (nSPS) is 24.1. The van der Waals surface area contributed by atoms with Crippen molar-refractivity contribution in [2.24, 2.45) is 11.7 Å². The number of benzene rings is 1. The molecule has 8 nitrogen and oxygen atoms in total. The summed E-state index contributed by atoms with van der Waals surface area (Å²) in [4.78, 5) is 14.7. The molecule has 3 aliphatic rings. The Morgan fingerprint density at radius 1 is 0.919 bits per heavy atom. The lowest BCUT2D eigenvalue weighted by Gasteiger charge is -2.32. The van der Waals surface area contributed by atoms with Crippen molar-refractivity contribution in [3.05, 3.63) is 42.0 Å². The first-order valence-corrected chi connectivity index (χ1v) is 14.1. The zero-order valence-electron chi connectivity index (χ0n) is 21.6. The predicted octanol–water partition coefficient (Wildman–Crippen LogP) is 5.04. The second-order valence-corrected chi connectivity index (χ2v) is 11.3. The van der Waals surface area contributed by atoms with E-state index in [1.165, 1.54) is 31.2 Å². The molecule has 6 rings (SSSR count). The van der Waals surface area contributed by atoms with Crippen molar-refractivity contribution >= 4 is 22.9 Å². The molecule has 0 bridgehead atoms. The molecule has 3 aromatic rings. The molecule has 2 aromatic heterocycles. The first-order chi connectivity index (χ1) is 18.1. The van der Waals surface area contributed by atoms with Gasteiger partial charge in [0.1, 0.15) is 5.82 Å². The van der Waals surface area contributed by atoms with Gasteiger partial charge in [-0.3, -0.25) is 0 Å². The van der Waals surface area contributed by atoms with E-state index in [0.717, 1.165) is 75.0 Å². The van der Waals surface area contributed by atoms with Crippen molar-refractivity contribution in [2.45, 2.75) is 88.8 Å². The van der Waals surface area contributed by atoms with E-state index < -0.39 is 0 Å². The Bertz CT molecular complexity index is 1170. The molecule has 4 N–H and O–H groups in total. The molecule has 3 heterocycles. The van der Waals surface area contributed by atoms with E-state index in [9.17, 15) is 4.39 Å². The van der Waals surface area contributed by atoms with E-state index in [1.807, 2.05) is 18.5 Å². The zero-order valence-corrected chi connectivity index (χ0v) is 21.6. The summed E-state index contributed by atoms with van der Waals surface area (Å²) < 4.78 is 15.5. The number of aromatic nitrogens is 4. The number of fused-ring (bicyclic) bond motifs is 1. The minimum atomic E-state index is -0.171. The molecule has 0 unspecified atom stereocenters. The SMILES string of the molecule is NC1CCC(Nc2nc(NN3CCC(Cc4ccc(F)cc4)CC3)c3ncn(C4CCCC4)c3n2)CC1. The number of nitrogens with two attached hydrogens (primary N) is 1. The van der Waals surface area contributed by atoms with Gasteiger partial charge in [0.2, 0.25) is 5.95 Å². The first kappa shape index (κ1) is 24.6. The molecule has 198 valence electrons. The number of imidazole rings is 1. The Kier molecular flexibility index (Phi) is 7.24. The van der Waals surface area contributed by atoms with Crippen molar-refractivity contribution in [3.63, 3.8) is 0 Å². The Morgan fingerprint density at radius 3 is 2.38 bits per heavy atom. The highest BCUT2D eigenvalue weighted by atomic mass is 19.1. The van der Waals surface area contributed by atoms with Crippen LogP contribution < -0.4 is 16.5 Å². The van der Waals surface area contributed by atoms with Gasteiger partial charge in [0, 0.05) is 31.2 Å². The molecule has 3 fully saturated rings. The second kappa shape index (κ2) is 10.9. The summed E-state index contributed by atoms with van der Waals surface area (Å²) in [7, 11) is 0. The lowest BCUT2D eigenvalue weighted by atomic mass is 9.91. The predicted molar refractivity (Wildman–Crippen MR) is 145 cm³/mol. The van der Waals surface area contributed by atoms with Crippen LogP contribution in [-0.2, 0) is 6.42 Å². The zero-order chi connectivity index (χ0) is 25.2. The van der Waals surface area contributed by atoms with E-state index in [-0.39, 0.29) is 5.82 Å². The standard InChI is InChI=1S/C28H39FN8/c29-21-7-5-19(6-8-21)17-20-13-15-36(16-14-20)35-26-25-27(37(18-31-25)24-3-1-2-4-24)34-28(33-26)32-23-11-9-22(30)10-12-23/h5-8,18,20,22-24H,1-4,9-17,30H2,(H2,32,33,34,35). The number of halogens is 1. The lowest BCUT2D eigenvalue weighted by molar-refractivity contribution is 0.216. The molecular formula is C28H39FN8. The molecule has 1 saturated heterocycles. The van der Waals surface area contributed by atoms with Gasteiger partial charge >= 0.3 is 0 Å². The third kappa shape index (κ3) is 5.72. The van der Waals surface area contributed by atoms with Crippen LogP contribution >= 0.6 is 0 Å². The molecule has 2 saturated carbocycles.